The summed E-state index contributed by atoms with van der Waals surface area (Å²) in [5.74, 6) is 1.45. The van der Waals surface area contributed by atoms with Gasteiger partial charge in [0.1, 0.15) is 5.75 Å². The third-order valence-corrected chi connectivity index (χ3v) is 5.34. The van der Waals surface area contributed by atoms with Crippen LogP contribution in [-0.4, -0.2) is 43.6 Å². The number of carbonyl (C=O) groups excluding carboxylic acids is 1. The lowest BCUT2D eigenvalue weighted by molar-refractivity contribution is -0.131. The summed E-state index contributed by atoms with van der Waals surface area (Å²) in [6.07, 6.45) is 1.33. The molecule has 0 N–H and O–H groups in total. The zero-order valence-electron chi connectivity index (χ0n) is 17.3. The summed E-state index contributed by atoms with van der Waals surface area (Å²) in [5, 5.41) is 8.94. The molecule has 0 atom stereocenters. The van der Waals surface area contributed by atoms with Crippen LogP contribution in [0.4, 0.5) is 5.69 Å². The third-order valence-electron chi connectivity index (χ3n) is 5.34. The highest BCUT2D eigenvalue weighted by molar-refractivity contribution is 5.76. The van der Waals surface area contributed by atoms with Gasteiger partial charge in [0.15, 0.2) is 0 Å². The van der Waals surface area contributed by atoms with Crippen LogP contribution in [0.15, 0.2) is 48.5 Å². The largest absolute Gasteiger partial charge is 0.493 e. The normalized spacial score (nSPS) is 14.4. The van der Waals surface area contributed by atoms with Gasteiger partial charge in [0, 0.05) is 31.9 Å². The Labute approximate surface area is 173 Å². The van der Waals surface area contributed by atoms with Gasteiger partial charge in [-0.3, -0.25) is 4.79 Å². The molecule has 3 rings (SSSR count). The molecular formula is C24H29N3O2. The molecule has 1 heterocycles. The molecule has 1 amide bonds. The van der Waals surface area contributed by atoms with Crippen LogP contribution in [0.2, 0.25) is 0 Å². The number of benzene rings is 2. The molecule has 0 bridgehead atoms. The van der Waals surface area contributed by atoms with E-state index in [0.29, 0.717) is 31.1 Å². The first-order valence-electron chi connectivity index (χ1n) is 10.3. The van der Waals surface area contributed by atoms with Crippen LogP contribution in [0.25, 0.3) is 0 Å². The maximum Gasteiger partial charge on any atom is 0.226 e. The van der Waals surface area contributed by atoms with Crippen molar-refractivity contribution in [2.75, 3.05) is 37.7 Å². The summed E-state index contributed by atoms with van der Waals surface area (Å²) in [5.41, 5.74) is 3.05. The number of carbonyl (C=O) groups is 1. The van der Waals surface area contributed by atoms with E-state index in [0.717, 1.165) is 37.5 Å². The lowest BCUT2D eigenvalue weighted by atomic mass is 10.0. The smallest absolute Gasteiger partial charge is 0.226 e. The Balaban J connectivity index is 1.45. The van der Waals surface area contributed by atoms with E-state index >= 15 is 0 Å². The van der Waals surface area contributed by atoms with Crippen molar-refractivity contribution in [1.29, 1.82) is 5.26 Å². The summed E-state index contributed by atoms with van der Waals surface area (Å²) in [6, 6.07) is 17.9. The molecule has 152 valence electrons. The summed E-state index contributed by atoms with van der Waals surface area (Å²) in [4.78, 5) is 16.8. The van der Waals surface area contributed by atoms with Gasteiger partial charge in [-0.1, -0.05) is 26.0 Å². The van der Waals surface area contributed by atoms with Gasteiger partial charge >= 0.3 is 0 Å². The van der Waals surface area contributed by atoms with E-state index in [4.69, 9.17) is 10.00 Å². The highest BCUT2D eigenvalue weighted by Crippen LogP contribution is 2.19. The van der Waals surface area contributed by atoms with Crippen molar-refractivity contribution in [2.24, 2.45) is 0 Å². The van der Waals surface area contributed by atoms with E-state index in [2.05, 4.69) is 36.9 Å². The molecule has 5 nitrogen and oxygen atoms in total. The number of nitrogens with zero attached hydrogens (tertiary/aromatic N) is 3. The Bertz CT molecular complexity index is 838. The van der Waals surface area contributed by atoms with Crippen molar-refractivity contribution >= 4 is 11.6 Å². The van der Waals surface area contributed by atoms with E-state index in [-0.39, 0.29) is 5.91 Å². The van der Waals surface area contributed by atoms with Crippen LogP contribution in [0.5, 0.6) is 5.75 Å². The predicted molar refractivity (Wildman–Crippen MR) is 115 cm³/mol. The average molecular weight is 392 g/mol. The lowest BCUT2D eigenvalue weighted by Crippen LogP contribution is -2.35. The molecule has 0 unspecified atom stereocenters. The number of rotatable bonds is 6. The van der Waals surface area contributed by atoms with Crippen LogP contribution in [-0.2, 0) is 4.79 Å². The zero-order valence-corrected chi connectivity index (χ0v) is 17.3. The number of anilines is 1. The minimum absolute atomic E-state index is 0.144. The molecule has 0 radical (unpaired) electrons. The maximum absolute atomic E-state index is 12.6. The SMILES string of the molecule is CC(C)c1ccc(OCCC(=O)N2CCCN(c3ccc(C#N)cc3)CC2)cc1. The fourth-order valence-electron chi connectivity index (χ4n) is 3.54. The van der Waals surface area contributed by atoms with Crippen molar-refractivity contribution in [1.82, 2.24) is 4.90 Å². The molecule has 0 aromatic heterocycles. The Kier molecular flexibility index (Phi) is 7.13. The Morgan fingerprint density at radius 1 is 1.03 bits per heavy atom. The predicted octanol–water partition coefficient (Wildman–Crippen LogP) is 4.19. The van der Waals surface area contributed by atoms with Crippen molar-refractivity contribution in [2.45, 2.75) is 32.6 Å². The van der Waals surface area contributed by atoms with Gasteiger partial charge in [-0.25, -0.2) is 0 Å². The van der Waals surface area contributed by atoms with Gasteiger partial charge < -0.3 is 14.5 Å². The second kappa shape index (κ2) is 9.97. The highest BCUT2D eigenvalue weighted by atomic mass is 16.5. The Morgan fingerprint density at radius 3 is 2.41 bits per heavy atom. The van der Waals surface area contributed by atoms with Crippen molar-refractivity contribution in [3.63, 3.8) is 0 Å². The Hall–Kier alpha value is -3.00. The van der Waals surface area contributed by atoms with Gasteiger partial charge in [0.25, 0.3) is 0 Å². The van der Waals surface area contributed by atoms with E-state index < -0.39 is 0 Å². The standard InChI is InChI=1S/C24H29N3O2/c1-19(2)21-6-10-23(11-7-21)29-17-12-24(28)27-14-3-13-26(15-16-27)22-8-4-20(18-25)5-9-22/h4-11,19H,3,12-17H2,1-2H3. The minimum atomic E-state index is 0.144. The first kappa shape index (κ1) is 20.7. The molecular weight excluding hydrogens is 362 g/mol. The lowest BCUT2D eigenvalue weighted by Gasteiger charge is -2.24. The molecule has 5 heteroatoms. The van der Waals surface area contributed by atoms with Gasteiger partial charge in [0.05, 0.1) is 24.7 Å². The number of ether oxygens (including phenoxy) is 1. The van der Waals surface area contributed by atoms with Crippen LogP contribution in [0, 0.1) is 11.3 Å². The molecule has 1 aliphatic heterocycles. The third kappa shape index (κ3) is 5.74. The van der Waals surface area contributed by atoms with Crippen molar-refractivity contribution in [3.8, 4) is 11.8 Å². The van der Waals surface area contributed by atoms with Crippen LogP contribution in [0.1, 0.15) is 43.7 Å². The average Bonchev–Trinajstić information content (AvgIpc) is 3.00. The zero-order chi connectivity index (χ0) is 20.6. The second-order valence-corrected chi connectivity index (χ2v) is 7.70. The molecule has 2 aromatic carbocycles. The van der Waals surface area contributed by atoms with E-state index in [1.165, 1.54) is 5.56 Å². The van der Waals surface area contributed by atoms with Gasteiger partial charge in [-0.2, -0.15) is 5.26 Å². The van der Waals surface area contributed by atoms with Crippen molar-refractivity contribution in [3.05, 3.63) is 59.7 Å². The summed E-state index contributed by atoms with van der Waals surface area (Å²) in [6.45, 7) is 7.92. The molecule has 29 heavy (non-hydrogen) atoms. The molecule has 1 fully saturated rings. The van der Waals surface area contributed by atoms with Crippen LogP contribution < -0.4 is 9.64 Å². The van der Waals surface area contributed by atoms with Crippen LogP contribution >= 0.6 is 0 Å². The van der Waals surface area contributed by atoms with Gasteiger partial charge in [-0.15, -0.1) is 0 Å². The summed E-state index contributed by atoms with van der Waals surface area (Å²) in [7, 11) is 0. The Morgan fingerprint density at radius 2 is 1.76 bits per heavy atom. The fourth-order valence-corrected chi connectivity index (χ4v) is 3.54. The molecule has 2 aromatic rings. The molecule has 1 saturated heterocycles. The highest BCUT2D eigenvalue weighted by Gasteiger charge is 2.19. The molecule has 0 spiro atoms. The van der Waals surface area contributed by atoms with Crippen molar-refractivity contribution < 1.29 is 9.53 Å². The number of hydrogen-bond donors (Lipinski definition) is 0. The van der Waals surface area contributed by atoms with Gasteiger partial charge in [-0.05, 0) is 54.3 Å². The van der Waals surface area contributed by atoms with E-state index in [1.807, 2.05) is 41.3 Å². The number of nitriles is 1. The van der Waals surface area contributed by atoms with Gasteiger partial charge in [0.2, 0.25) is 5.91 Å². The molecule has 1 aliphatic rings. The fraction of sp³-hybridized carbons (Fsp3) is 0.417. The maximum atomic E-state index is 12.6. The quantitative estimate of drug-likeness (QED) is 0.741. The summed E-state index contributed by atoms with van der Waals surface area (Å²) >= 11 is 0. The molecule has 0 saturated carbocycles. The van der Waals surface area contributed by atoms with Crippen LogP contribution in [0.3, 0.4) is 0 Å². The monoisotopic (exact) mass is 391 g/mol. The first-order chi connectivity index (χ1) is 14.1. The number of amides is 1. The number of hydrogen-bond acceptors (Lipinski definition) is 4. The topological polar surface area (TPSA) is 56.6 Å². The van der Waals surface area contributed by atoms with E-state index in [1.54, 1.807) is 0 Å². The molecule has 0 aliphatic carbocycles. The first-order valence-corrected chi connectivity index (χ1v) is 10.3. The minimum Gasteiger partial charge on any atom is -0.493 e. The summed E-state index contributed by atoms with van der Waals surface area (Å²) < 4.78 is 5.76. The van der Waals surface area contributed by atoms with E-state index in [9.17, 15) is 4.79 Å². The second-order valence-electron chi connectivity index (χ2n) is 7.70.